The monoisotopic (exact) mass is 265 g/mol. The Bertz CT molecular complexity index is 362. The van der Waals surface area contributed by atoms with Gasteiger partial charge in [0.2, 0.25) is 0 Å². The van der Waals surface area contributed by atoms with Crippen LogP contribution >= 0.6 is 0 Å². The number of benzene rings is 1. The Morgan fingerprint density at radius 3 is 2.58 bits per heavy atom. The zero-order chi connectivity index (χ0) is 13.9. The number of hydrogen-bond donors (Lipinski definition) is 1. The first kappa shape index (κ1) is 15.3. The molecule has 0 aliphatic heterocycles. The Labute approximate surface area is 115 Å². The third-order valence-electron chi connectivity index (χ3n) is 2.58. The van der Waals surface area contributed by atoms with Gasteiger partial charge in [0.05, 0.1) is 19.6 Å². The van der Waals surface area contributed by atoms with Gasteiger partial charge in [-0.25, -0.2) is 0 Å². The Hall–Kier alpha value is -1.71. The predicted octanol–water partition coefficient (Wildman–Crippen LogP) is 3.23. The molecular weight excluding hydrogens is 242 g/mol. The molecule has 0 aliphatic carbocycles. The van der Waals surface area contributed by atoms with Crippen molar-refractivity contribution in [1.29, 1.82) is 0 Å². The molecule has 0 heterocycles. The Balaban J connectivity index is 2.26. The van der Waals surface area contributed by atoms with Gasteiger partial charge in [-0.1, -0.05) is 13.3 Å². The molecule has 0 amide bonds. The summed E-state index contributed by atoms with van der Waals surface area (Å²) in [6.07, 6.45) is 2.58. The smallest absolute Gasteiger partial charge is 0.307 e. The third kappa shape index (κ3) is 6.70. The highest BCUT2D eigenvalue weighted by molar-refractivity contribution is 5.70. The molecule has 4 nitrogen and oxygen atoms in total. The predicted molar refractivity (Wildman–Crippen MR) is 76.6 cm³/mol. The van der Waals surface area contributed by atoms with E-state index in [0.29, 0.717) is 19.6 Å². The summed E-state index contributed by atoms with van der Waals surface area (Å²) in [5, 5.41) is 3.17. The van der Waals surface area contributed by atoms with Gasteiger partial charge in [0, 0.05) is 12.2 Å². The summed E-state index contributed by atoms with van der Waals surface area (Å²) in [4.78, 5) is 11.2. The van der Waals surface area contributed by atoms with Crippen molar-refractivity contribution >= 4 is 11.7 Å². The van der Waals surface area contributed by atoms with Crippen molar-refractivity contribution in [2.45, 2.75) is 33.1 Å². The van der Waals surface area contributed by atoms with E-state index >= 15 is 0 Å². The second kappa shape index (κ2) is 9.25. The van der Waals surface area contributed by atoms with Crippen LogP contribution in [0.1, 0.15) is 33.1 Å². The first-order valence-corrected chi connectivity index (χ1v) is 6.88. The van der Waals surface area contributed by atoms with Gasteiger partial charge in [0.1, 0.15) is 5.75 Å². The van der Waals surface area contributed by atoms with E-state index in [1.807, 2.05) is 31.2 Å². The highest BCUT2D eigenvalue weighted by Crippen LogP contribution is 2.15. The number of anilines is 1. The van der Waals surface area contributed by atoms with Crippen LogP contribution in [0.4, 0.5) is 5.69 Å². The van der Waals surface area contributed by atoms with Crippen molar-refractivity contribution in [3.8, 4) is 5.75 Å². The Kier molecular flexibility index (Phi) is 7.47. The number of esters is 1. The summed E-state index contributed by atoms with van der Waals surface area (Å²) in [6, 6.07) is 7.77. The highest BCUT2D eigenvalue weighted by Gasteiger charge is 2.01. The summed E-state index contributed by atoms with van der Waals surface area (Å²) in [6.45, 7) is 5.71. The zero-order valence-corrected chi connectivity index (χ0v) is 11.8. The van der Waals surface area contributed by atoms with Gasteiger partial charge in [-0.15, -0.1) is 0 Å². The van der Waals surface area contributed by atoms with Crippen molar-refractivity contribution in [2.75, 3.05) is 25.1 Å². The van der Waals surface area contributed by atoms with Crippen molar-refractivity contribution < 1.29 is 14.3 Å². The summed E-state index contributed by atoms with van der Waals surface area (Å²) in [5.74, 6) is 0.707. The molecule has 106 valence electrons. The molecule has 1 aromatic carbocycles. The van der Waals surface area contributed by atoms with Crippen LogP contribution in [0.5, 0.6) is 5.75 Å². The van der Waals surface area contributed by atoms with Gasteiger partial charge < -0.3 is 14.8 Å². The fraction of sp³-hybridized carbons (Fsp3) is 0.533. The molecule has 0 unspecified atom stereocenters. The molecule has 1 aromatic rings. The first-order valence-electron chi connectivity index (χ1n) is 6.88. The van der Waals surface area contributed by atoms with Crippen LogP contribution in [0.25, 0.3) is 0 Å². The molecule has 0 spiro atoms. The zero-order valence-electron chi connectivity index (χ0n) is 11.8. The SMILES string of the molecule is CCCCOc1ccc(NCCC(=O)OCC)cc1. The molecule has 0 saturated heterocycles. The molecule has 0 bridgehead atoms. The molecule has 4 heteroatoms. The molecule has 0 atom stereocenters. The average Bonchev–Trinajstić information content (AvgIpc) is 2.41. The molecule has 0 aliphatic rings. The molecule has 0 saturated carbocycles. The van der Waals surface area contributed by atoms with E-state index in [0.717, 1.165) is 30.9 Å². The highest BCUT2D eigenvalue weighted by atomic mass is 16.5. The number of rotatable bonds is 9. The van der Waals surface area contributed by atoms with Crippen LogP contribution in [0, 0.1) is 0 Å². The number of hydrogen-bond acceptors (Lipinski definition) is 4. The molecule has 1 rings (SSSR count). The number of unbranched alkanes of at least 4 members (excludes halogenated alkanes) is 1. The minimum Gasteiger partial charge on any atom is -0.494 e. The van der Waals surface area contributed by atoms with E-state index < -0.39 is 0 Å². The first-order chi connectivity index (χ1) is 9.26. The second-order valence-corrected chi connectivity index (χ2v) is 4.21. The van der Waals surface area contributed by atoms with Crippen molar-refractivity contribution in [1.82, 2.24) is 0 Å². The van der Waals surface area contributed by atoms with Crippen LogP contribution in [0.3, 0.4) is 0 Å². The van der Waals surface area contributed by atoms with Crippen LogP contribution in [0.15, 0.2) is 24.3 Å². The molecule has 1 N–H and O–H groups in total. The lowest BCUT2D eigenvalue weighted by Gasteiger charge is -2.08. The fourth-order valence-corrected chi connectivity index (χ4v) is 1.55. The van der Waals surface area contributed by atoms with Gasteiger partial charge in [-0.2, -0.15) is 0 Å². The summed E-state index contributed by atoms with van der Waals surface area (Å²) in [7, 11) is 0. The molecular formula is C15H23NO3. The lowest BCUT2D eigenvalue weighted by molar-refractivity contribution is -0.142. The number of carbonyl (C=O) groups is 1. The molecule has 0 fully saturated rings. The van der Waals surface area contributed by atoms with Crippen molar-refractivity contribution in [2.24, 2.45) is 0 Å². The standard InChI is InChI=1S/C15H23NO3/c1-3-5-12-19-14-8-6-13(7-9-14)16-11-10-15(17)18-4-2/h6-9,16H,3-5,10-12H2,1-2H3. The van der Waals surface area contributed by atoms with E-state index in [1.165, 1.54) is 0 Å². The van der Waals surface area contributed by atoms with E-state index in [2.05, 4.69) is 12.2 Å². The van der Waals surface area contributed by atoms with Crippen LogP contribution < -0.4 is 10.1 Å². The maximum Gasteiger partial charge on any atom is 0.307 e. The van der Waals surface area contributed by atoms with E-state index in [9.17, 15) is 4.79 Å². The topological polar surface area (TPSA) is 47.6 Å². The maximum absolute atomic E-state index is 11.2. The Morgan fingerprint density at radius 2 is 1.95 bits per heavy atom. The van der Waals surface area contributed by atoms with Crippen LogP contribution in [-0.4, -0.2) is 25.7 Å². The van der Waals surface area contributed by atoms with Crippen LogP contribution in [0.2, 0.25) is 0 Å². The maximum atomic E-state index is 11.2. The van der Waals surface area contributed by atoms with E-state index in [4.69, 9.17) is 9.47 Å². The molecule has 0 radical (unpaired) electrons. The van der Waals surface area contributed by atoms with E-state index in [1.54, 1.807) is 0 Å². The fourth-order valence-electron chi connectivity index (χ4n) is 1.55. The van der Waals surface area contributed by atoms with Gasteiger partial charge in [0.15, 0.2) is 0 Å². The normalized spacial score (nSPS) is 10.0. The van der Waals surface area contributed by atoms with E-state index in [-0.39, 0.29) is 5.97 Å². The minimum absolute atomic E-state index is 0.172. The van der Waals surface area contributed by atoms with Crippen molar-refractivity contribution in [3.63, 3.8) is 0 Å². The minimum atomic E-state index is -0.172. The lowest BCUT2D eigenvalue weighted by Crippen LogP contribution is -2.11. The largest absolute Gasteiger partial charge is 0.494 e. The Morgan fingerprint density at radius 1 is 1.21 bits per heavy atom. The van der Waals surface area contributed by atoms with Gasteiger partial charge >= 0.3 is 5.97 Å². The van der Waals surface area contributed by atoms with Crippen molar-refractivity contribution in [3.05, 3.63) is 24.3 Å². The summed E-state index contributed by atoms with van der Waals surface area (Å²) < 4.78 is 10.4. The van der Waals surface area contributed by atoms with Gasteiger partial charge in [-0.05, 0) is 37.6 Å². The quantitative estimate of drug-likeness (QED) is 0.550. The van der Waals surface area contributed by atoms with Gasteiger partial charge in [-0.3, -0.25) is 4.79 Å². The van der Waals surface area contributed by atoms with Crippen LogP contribution in [-0.2, 0) is 9.53 Å². The van der Waals surface area contributed by atoms with Gasteiger partial charge in [0.25, 0.3) is 0 Å². The molecule has 0 aromatic heterocycles. The average molecular weight is 265 g/mol. The third-order valence-corrected chi connectivity index (χ3v) is 2.58. The summed E-state index contributed by atoms with van der Waals surface area (Å²) in [5.41, 5.74) is 0.979. The molecule has 19 heavy (non-hydrogen) atoms. The second-order valence-electron chi connectivity index (χ2n) is 4.21. The number of carbonyl (C=O) groups excluding carboxylic acids is 1. The number of nitrogens with one attached hydrogen (secondary N) is 1. The lowest BCUT2D eigenvalue weighted by atomic mass is 10.3. The number of ether oxygens (including phenoxy) is 2. The summed E-state index contributed by atoms with van der Waals surface area (Å²) >= 11 is 0.